The molecule has 0 aromatic heterocycles. The zero-order valence-electron chi connectivity index (χ0n) is 12.0. The van der Waals surface area contributed by atoms with Crippen LogP contribution in [0.3, 0.4) is 0 Å². The molecule has 1 aliphatic rings. The van der Waals surface area contributed by atoms with Crippen molar-refractivity contribution in [1.29, 1.82) is 0 Å². The Morgan fingerprint density at radius 1 is 1.42 bits per heavy atom. The number of ether oxygens (including phenoxy) is 1. The molecule has 19 heavy (non-hydrogen) atoms. The quantitative estimate of drug-likeness (QED) is 0.508. The Bertz CT molecular complexity index is 379. The summed E-state index contributed by atoms with van der Waals surface area (Å²) in [4.78, 5) is 0. The third-order valence-electron chi connectivity index (χ3n) is 3.24. The highest BCUT2D eigenvalue weighted by molar-refractivity contribution is 7.89. The molecule has 6 heteroatoms. The van der Waals surface area contributed by atoms with E-state index < -0.39 is 10.0 Å². The normalized spacial score (nSPS) is 17.5. The van der Waals surface area contributed by atoms with Gasteiger partial charge in [-0.2, -0.15) is 4.31 Å². The molecule has 0 fully saturated rings. The van der Waals surface area contributed by atoms with Gasteiger partial charge in [0.15, 0.2) is 0 Å². The fraction of sp³-hybridized carbons (Fsp3) is 0.846. The molecule has 0 bridgehead atoms. The first-order chi connectivity index (χ1) is 9.10. The molecule has 0 spiro atoms. The maximum absolute atomic E-state index is 12.1. The van der Waals surface area contributed by atoms with Gasteiger partial charge < -0.3 is 10.1 Å². The Morgan fingerprint density at radius 3 is 2.79 bits per heavy atom. The van der Waals surface area contributed by atoms with E-state index >= 15 is 0 Å². The smallest absolute Gasteiger partial charge is 0.214 e. The Hall–Kier alpha value is -0.430. The van der Waals surface area contributed by atoms with Crippen LogP contribution in [0.5, 0.6) is 0 Å². The highest BCUT2D eigenvalue weighted by Crippen LogP contribution is 2.15. The first kappa shape index (κ1) is 16.6. The van der Waals surface area contributed by atoms with Crippen molar-refractivity contribution in [3.63, 3.8) is 0 Å². The zero-order chi connectivity index (χ0) is 14.1. The van der Waals surface area contributed by atoms with E-state index in [-0.39, 0.29) is 5.75 Å². The summed E-state index contributed by atoms with van der Waals surface area (Å²) < 4.78 is 30.9. The van der Waals surface area contributed by atoms with Gasteiger partial charge in [0.25, 0.3) is 0 Å². The van der Waals surface area contributed by atoms with Gasteiger partial charge in [0.2, 0.25) is 10.0 Å². The van der Waals surface area contributed by atoms with Crippen LogP contribution in [0, 0.1) is 0 Å². The summed E-state index contributed by atoms with van der Waals surface area (Å²) in [5.74, 6) is 0.256. The predicted molar refractivity (Wildman–Crippen MR) is 77.7 cm³/mol. The molecule has 0 aromatic carbocycles. The van der Waals surface area contributed by atoms with Gasteiger partial charge in [-0.25, -0.2) is 8.42 Å². The molecule has 1 rings (SSSR count). The number of rotatable bonds is 9. The Morgan fingerprint density at radius 2 is 2.21 bits per heavy atom. The lowest BCUT2D eigenvalue weighted by atomic mass is 10.1. The van der Waals surface area contributed by atoms with E-state index in [0.29, 0.717) is 19.7 Å². The van der Waals surface area contributed by atoms with Gasteiger partial charge in [-0.05, 0) is 37.9 Å². The minimum absolute atomic E-state index is 0.256. The number of nitrogens with zero attached hydrogens (tertiary/aromatic N) is 1. The van der Waals surface area contributed by atoms with E-state index in [0.717, 1.165) is 32.4 Å². The summed E-state index contributed by atoms with van der Waals surface area (Å²) in [6.07, 6.45) is 4.39. The average molecular weight is 290 g/mol. The van der Waals surface area contributed by atoms with Crippen molar-refractivity contribution in [3.05, 3.63) is 11.6 Å². The van der Waals surface area contributed by atoms with Crippen molar-refractivity contribution in [2.75, 3.05) is 45.6 Å². The van der Waals surface area contributed by atoms with Gasteiger partial charge in [0.05, 0.1) is 12.4 Å². The van der Waals surface area contributed by atoms with Crippen molar-refractivity contribution in [2.24, 2.45) is 0 Å². The van der Waals surface area contributed by atoms with Gasteiger partial charge in [0, 0.05) is 20.2 Å². The largest absolute Gasteiger partial charge is 0.380 e. The predicted octanol–water partition coefficient (Wildman–Crippen LogP) is 0.984. The van der Waals surface area contributed by atoms with Crippen LogP contribution in [0.1, 0.15) is 26.2 Å². The number of methoxy groups -OCH3 is 1. The van der Waals surface area contributed by atoms with Crippen molar-refractivity contribution in [2.45, 2.75) is 26.2 Å². The van der Waals surface area contributed by atoms with Crippen molar-refractivity contribution < 1.29 is 13.2 Å². The highest BCUT2D eigenvalue weighted by Gasteiger charge is 2.23. The van der Waals surface area contributed by atoms with E-state index in [1.165, 1.54) is 5.57 Å². The van der Waals surface area contributed by atoms with Crippen LogP contribution in [0.15, 0.2) is 11.6 Å². The fourth-order valence-electron chi connectivity index (χ4n) is 2.10. The number of hydrogen-bond donors (Lipinski definition) is 1. The van der Waals surface area contributed by atoms with Crippen LogP contribution in [0.25, 0.3) is 0 Å². The highest BCUT2D eigenvalue weighted by atomic mass is 32.2. The van der Waals surface area contributed by atoms with Crippen LogP contribution < -0.4 is 5.32 Å². The van der Waals surface area contributed by atoms with Crippen LogP contribution in [0.2, 0.25) is 0 Å². The number of nitrogens with one attached hydrogen (secondary N) is 1. The Balaban J connectivity index is 2.34. The summed E-state index contributed by atoms with van der Waals surface area (Å²) in [6.45, 7) is 5.57. The zero-order valence-corrected chi connectivity index (χ0v) is 12.8. The van der Waals surface area contributed by atoms with Crippen LogP contribution in [-0.4, -0.2) is 58.4 Å². The molecule has 1 aliphatic heterocycles. The molecule has 1 heterocycles. The SMILES string of the molecule is CCNCCCCS(=O)(=O)N1CC=C(COC)CC1. The maximum Gasteiger partial charge on any atom is 0.214 e. The lowest BCUT2D eigenvalue weighted by Gasteiger charge is -2.25. The lowest BCUT2D eigenvalue weighted by molar-refractivity contribution is 0.219. The molecule has 112 valence electrons. The van der Waals surface area contributed by atoms with Crippen molar-refractivity contribution >= 4 is 10.0 Å². The molecule has 0 aliphatic carbocycles. The molecule has 0 saturated heterocycles. The molecular weight excluding hydrogens is 264 g/mol. The van der Waals surface area contributed by atoms with Crippen LogP contribution >= 0.6 is 0 Å². The summed E-state index contributed by atoms with van der Waals surface area (Å²) in [5, 5.41) is 3.20. The molecule has 5 nitrogen and oxygen atoms in total. The summed E-state index contributed by atoms with van der Waals surface area (Å²) in [7, 11) is -1.43. The first-order valence-electron chi connectivity index (χ1n) is 6.95. The molecule has 0 saturated carbocycles. The Labute approximate surface area is 117 Å². The monoisotopic (exact) mass is 290 g/mol. The molecule has 0 amide bonds. The van der Waals surface area contributed by atoms with E-state index in [1.54, 1.807) is 11.4 Å². The van der Waals surface area contributed by atoms with Gasteiger partial charge >= 0.3 is 0 Å². The van der Waals surface area contributed by atoms with E-state index in [2.05, 4.69) is 12.2 Å². The second kappa shape index (κ2) is 8.68. The third kappa shape index (κ3) is 6.03. The minimum Gasteiger partial charge on any atom is -0.380 e. The average Bonchev–Trinajstić information content (AvgIpc) is 2.39. The van der Waals surface area contributed by atoms with Gasteiger partial charge in [-0.15, -0.1) is 0 Å². The van der Waals surface area contributed by atoms with E-state index in [9.17, 15) is 8.42 Å². The third-order valence-corrected chi connectivity index (χ3v) is 5.17. The minimum atomic E-state index is -3.09. The van der Waals surface area contributed by atoms with Crippen molar-refractivity contribution in [3.8, 4) is 0 Å². The van der Waals surface area contributed by atoms with Gasteiger partial charge in [0.1, 0.15) is 0 Å². The van der Waals surface area contributed by atoms with E-state index in [1.807, 2.05) is 6.08 Å². The standard InChI is InChI=1S/C13H26N2O3S/c1-3-14-8-4-5-11-19(16,17)15-9-6-13(7-10-15)12-18-2/h6,14H,3-5,7-12H2,1-2H3. The molecule has 1 N–H and O–H groups in total. The first-order valence-corrected chi connectivity index (χ1v) is 8.56. The Kier molecular flexibility index (Phi) is 7.60. The molecule has 0 aromatic rings. The molecule has 0 radical (unpaired) electrons. The summed E-state index contributed by atoms with van der Waals surface area (Å²) in [5.41, 5.74) is 1.20. The van der Waals surface area contributed by atoms with E-state index in [4.69, 9.17) is 4.74 Å². The van der Waals surface area contributed by atoms with Crippen LogP contribution in [0.4, 0.5) is 0 Å². The lowest BCUT2D eigenvalue weighted by Crippen LogP contribution is -2.37. The number of sulfonamides is 1. The van der Waals surface area contributed by atoms with Crippen molar-refractivity contribution in [1.82, 2.24) is 9.62 Å². The second-order valence-corrected chi connectivity index (χ2v) is 6.87. The van der Waals surface area contributed by atoms with Gasteiger partial charge in [-0.1, -0.05) is 13.0 Å². The van der Waals surface area contributed by atoms with Crippen LogP contribution in [-0.2, 0) is 14.8 Å². The van der Waals surface area contributed by atoms with Gasteiger partial charge in [-0.3, -0.25) is 0 Å². The molecule has 0 atom stereocenters. The number of unbranched alkanes of at least 4 members (excludes halogenated alkanes) is 1. The molecule has 0 unspecified atom stereocenters. The fourth-order valence-corrected chi connectivity index (χ4v) is 3.60. The molecular formula is C13H26N2O3S. The second-order valence-electron chi connectivity index (χ2n) is 4.78. The topological polar surface area (TPSA) is 58.6 Å². The number of hydrogen-bond acceptors (Lipinski definition) is 4. The maximum atomic E-state index is 12.1. The summed E-state index contributed by atoms with van der Waals surface area (Å²) in [6, 6.07) is 0. The summed E-state index contributed by atoms with van der Waals surface area (Å²) >= 11 is 0.